The third-order valence-electron chi connectivity index (χ3n) is 24.9. The van der Waals surface area contributed by atoms with Crippen LogP contribution in [-0.2, 0) is 74.4 Å². The monoisotopic (exact) mass is 2000 g/mol. The van der Waals surface area contributed by atoms with Crippen LogP contribution in [0.5, 0.6) is 0 Å². The number of Topliss-reactive ketones (excluding diaryl/α,β-unsaturated/α-hetero) is 3. The molecule has 12 aromatic rings. The van der Waals surface area contributed by atoms with Gasteiger partial charge in [-0.05, 0) is 247 Å². The molecule has 7 atom stereocenters. The number of hydrogen-bond donors (Lipinski definition) is 0. The zero-order valence-electron chi connectivity index (χ0n) is 71.2. The van der Waals surface area contributed by atoms with Crippen molar-refractivity contribution < 1.29 is 110 Å². The minimum absolute atomic E-state index is 0.0470. The third-order valence-corrected chi connectivity index (χ3v) is 32.2. The van der Waals surface area contributed by atoms with Gasteiger partial charge in [-0.15, -0.1) is 16.4 Å². The van der Waals surface area contributed by atoms with E-state index < -0.39 is 180 Å². The highest BCUT2D eigenvalue weighted by atomic mass is 35.5. The Bertz CT molecular complexity index is 7080. The molecular formula is C89H75ClF17N17O8S4. The summed E-state index contributed by atoms with van der Waals surface area (Å²) < 4.78 is 310. The lowest BCUT2D eigenvalue weighted by atomic mass is 9.60. The fraction of sp³-hybridized carbons (Fsp3) is 0.326. The van der Waals surface area contributed by atoms with Gasteiger partial charge in [-0.2, -0.15) is 77.4 Å². The van der Waals surface area contributed by atoms with E-state index in [4.69, 9.17) is 11.6 Å². The zero-order chi connectivity index (χ0) is 97.7. The summed E-state index contributed by atoms with van der Waals surface area (Å²) in [5, 5.41) is 23.3. The smallest absolute Gasteiger partial charge is 0.291 e. The number of halogens is 18. The van der Waals surface area contributed by atoms with Gasteiger partial charge in [0, 0.05) is 50.0 Å². The number of pyridine rings is 3. The molecule has 47 heteroatoms. The van der Waals surface area contributed by atoms with E-state index in [2.05, 4.69) is 56.5 Å². The van der Waals surface area contributed by atoms with Crippen LogP contribution in [0.15, 0.2) is 203 Å². The van der Waals surface area contributed by atoms with Gasteiger partial charge in [0.15, 0.2) is 36.5 Å². The van der Waals surface area contributed by atoms with Crippen LogP contribution in [0.25, 0.3) is 35.3 Å². The highest BCUT2D eigenvalue weighted by molar-refractivity contribution is 7.98. The average molecular weight is 2000 g/mol. The number of alkyl halides is 14. The number of ketones is 3. The van der Waals surface area contributed by atoms with E-state index in [1.165, 1.54) is 102 Å². The van der Waals surface area contributed by atoms with Gasteiger partial charge >= 0.3 is 24.7 Å². The molecule has 0 aliphatic heterocycles. The van der Waals surface area contributed by atoms with Crippen molar-refractivity contribution in [2.24, 2.45) is 23.3 Å². The number of thiazole rings is 1. The first-order valence-corrected chi connectivity index (χ1v) is 47.5. The molecule has 714 valence electrons. The maximum absolute atomic E-state index is 14.5. The first kappa shape index (κ1) is 97.0. The quantitative estimate of drug-likeness (QED) is 0.0279. The number of benzene rings is 3. The second-order valence-electron chi connectivity index (χ2n) is 33.8. The van der Waals surface area contributed by atoms with Crippen LogP contribution in [0.2, 0.25) is 5.15 Å². The first-order chi connectivity index (χ1) is 64.0. The van der Waals surface area contributed by atoms with Crippen molar-refractivity contribution in [3.05, 3.63) is 277 Å². The van der Waals surface area contributed by atoms with Gasteiger partial charge in [-0.1, -0.05) is 33.5 Å². The molecule has 3 fully saturated rings. The third kappa shape index (κ3) is 19.0. The van der Waals surface area contributed by atoms with Gasteiger partial charge in [0.1, 0.15) is 50.3 Å². The highest BCUT2D eigenvalue weighted by Gasteiger charge is 2.57. The normalized spacial score (nSPS) is 20.5. The lowest BCUT2D eigenvalue weighted by Gasteiger charge is -2.47. The molecule has 0 radical (unpaired) electrons. The number of aromatic nitrogens is 15. The Labute approximate surface area is 772 Å². The predicted molar refractivity (Wildman–Crippen MR) is 461 cm³/mol. The van der Waals surface area contributed by atoms with Crippen LogP contribution in [0.1, 0.15) is 158 Å². The van der Waals surface area contributed by atoms with Gasteiger partial charge in [-0.3, -0.25) is 33.7 Å². The molecule has 0 bridgehead atoms. The summed E-state index contributed by atoms with van der Waals surface area (Å²) in [5.74, 6) is 0.234. The molecule has 18 rings (SSSR count). The van der Waals surface area contributed by atoms with E-state index in [9.17, 15) is 110 Å². The number of rotatable bonds is 21. The standard InChI is InChI=1S/C30H27F6N7O2S.C30H27F4N5O3S.C29H21ClF7N5O3S2/c1-41-17-27(39-40-41)46(2,45)42(16-26(32)33)23-6-3-19-12-25-18(15-38-43(25)22-7-4-21(31)5-8-22)13-29(19,14-23)28(44)24-11-20(9-10-37-24)30(34,35)36;1-18(2)38-12-11-27(37-38)43(41,42)24-9-3-20-13-26-19(16-36-39(26)23-7-5-22(31)6-8-23)14-29(20,15-24)28(40)25-10-4-21(17-35-25)30(32,33)34;30-24-8-7-21(13-38-24)47(44,45)41(15-28(32,33)34)20-4-1-17-9-22-16(12-40-42(22)19-5-2-18(31)3-6-19)10-27(17,11-20)25(43)26-39-14-23(46-26)29(35,36)37/h4-5,7-12,15,17,23,26H,2-3,6,13-14,16H2,1H3;4-8,10-13,16-18,24H,3,9,14-15H2,1-2H3;2-3,5-9,12-14,20H,1,4,10-11,15H2/t23-,29-,46?;24-,29-;20-,27-/m000/s1. The number of nitrogens with zero attached hydrogens (tertiary/aromatic N) is 17. The summed E-state index contributed by atoms with van der Waals surface area (Å²) in [6.07, 6.45) is -7.15. The van der Waals surface area contributed by atoms with Crippen LogP contribution >= 0.6 is 22.9 Å². The number of aryl methyl sites for hydroxylation is 1. The molecular weight excluding hydrogens is 1920 g/mol. The Hall–Kier alpha value is -12.1. The first-order valence-electron chi connectivity index (χ1n) is 41.6. The number of carbonyl (C=O) groups is 3. The largest absolute Gasteiger partial charge is 0.427 e. The molecule has 0 spiro atoms. The van der Waals surface area contributed by atoms with Crippen molar-refractivity contribution in [1.29, 1.82) is 0 Å². The van der Waals surface area contributed by atoms with Crippen LogP contribution < -0.4 is 0 Å². The summed E-state index contributed by atoms with van der Waals surface area (Å²) in [6.45, 7) is 0.895. The fourth-order valence-corrected chi connectivity index (χ4v) is 24.4. The summed E-state index contributed by atoms with van der Waals surface area (Å²) in [6, 6.07) is 21.1. The zero-order valence-corrected chi connectivity index (χ0v) is 75.2. The molecule has 3 saturated carbocycles. The van der Waals surface area contributed by atoms with Gasteiger partial charge < -0.3 is 0 Å². The van der Waals surface area contributed by atoms with E-state index in [0.29, 0.717) is 86.0 Å². The van der Waals surface area contributed by atoms with Gasteiger partial charge in [0.25, 0.3) is 6.43 Å². The Morgan fingerprint density at radius 1 is 0.544 bits per heavy atom. The Kier molecular flexibility index (Phi) is 26.0. The summed E-state index contributed by atoms with van der Waals surface area (Å²) >= 11 is 5.86. The number of sulfone groups is 1. The van der Waals surface area contributed by atoms with Crippen LogP contribution in [0.3, 0.4) is 0 Å². The predicted octanol–water partition coefficient (Wildman–Crippen LogP) is 18.4. The van der Waals surface area contributed by atoms with E-state index in [1.807, 2.05) is 13.8 Å². The van der Waals surface area contributed by atoms with Crippen molar-refractivity contribution >= 4 is 94.0 Å². The number of fused-ring (bicyclic) bond motifs is 6. The van der Waals surface area contributed by atoms with Crippen LogP contribution in [0.4, 0.5) is 74.6 Å². The highest BCUT2D eigenvalue weighted by Crippen LogP contribution is 2.57. The number of allylic oxidation sites excluding steroid dienone is 3. The molecule has 0 amide bonds. The fourth-order valence-electron chi connectivity index (χ4n) is 18.4. The van der Waals surface area contributed by atoms with Gasteiger partial charge in [-0.25, -0.2) is 71.3 Å². The summed E-state index contributed by atoms with van der Waals surface area (Å²) in [7, 11) is -10.9. The molecule has 9 heterocycles. The van der Waals surface area contributed by atoms with Gasteiger partial charge in [0.2, 0.25) is 15.8 Å². The van der Waals surface area contributed by atoms with Crippen molar-refractivity contribution in [1.82, 2.24) is 82.7 Å². The lowest BCUT2D eigenvalue weighted by molar-refractivity contribution is -0.141. The van der Waals surface area contributed by atoms with Crippen molar-refractivity contribution in [3.63, 3.8) is 0 Å². The summed E-state index contributed by atoms with van der Waals surface area (Å²) in [5.41, 5.74) is -0.846. The molecule has 9 aromatic heterocycles. The second kappa shape index (κ2) is 36.4. The molecule has 6 aliphatic carbocycles. The number of sulfonamides is 1. The number of carbonyl (C=O) groups excluding carboxylic acids is 3. The number of hydrogen-bond acceptors (Lipinski definition) is 19. The second-order valence-corrected chi connectivity index (χ2v) is 41.4. The molecule has 0 N–H and O–H groups in total. The Morgan fingerprint density at radius 2 is 1.04 bits per heavy atom. The van der Waals surface area contributed by atoms with Crippen LogP contribution in [-0.4, -0.2) is 170 Å². The topological polar surface area (TPSA) is 297 Å². The molecule has 6 aliphatic rings. The maximum atomic E-state index is 14.5. The summed E-state index contributed by atoms with van der Waals surface area (Å²) in [4.78, 5) is 56.6. The maximum Gasteiger partial charge on any atom is 0.427 e. The molecule has 136 heavy (non-hydrogen) atoms. The van der Waals surface area contributed by atoms with E-state index in [1.54, 1.807) is 56.8 Å². The van der Waals surface area contributed by atoms with E-state index in [0.717, 1.165) is 47.0 Å². The van der Waals surface area contributed by atoms with Crippen molar-refractivity contribution in [3.8, 4) is 17.1 Å². The molecule has 1 unspecified atom stereocenters. The Morgan fingerprint density at radius 3 is 1.47 bits per heavy atom. The van der Waals surface area contributed by atoms with Crippen molar-refractivity contribution in [2.45, 2.75) is 160 Å². The minimum Gasteiger partial charge on any atom is -0.291 e. The van der Waals surface area contributed by atoms with E-state index >= 15 is 0 Å². The lowest BCUT2D eigenvalue weighted by Crippen LogP contribution is -2.52. The SMILES string of the molecule is C=S(=O)(c1cn(C)nn1)N(CC(F)F)[C@H]1CCC2=Cc3c(cnn3-c3ccc(F)cc3)C[C@]2(C(=O)c2cc(C(F)(F)F)ccn2)C1.CC(C)n1ccc(S(=O)(=O)[C@H]2CCC3=Cc4c(cnn4-c4ccc(F)cc4)C[C@]3(C(=O)c3ccc(C(F)(F)F)cn3)C2)n1.O=C(c1ncc(C(F)(F)F)s1)[C@]12Cc3cnn(-c4ccc(F)cc4)c3C=C1CC[C@H](N(CC(F)(F)F)S(=O)(=O)c1ccc(Cl)nc1)C2. The van der Waals surface area contributed by atoms with Crippen molar-refractivity contribution in [2.75, 3.05) is 13.1 Å². The van der Waals surface area contributed by atoms with Crippen LogP contribution in [0, 0.1) is 33.7 Å². The minimum atomic E-state index is -4.99. The van der Waals surface area contributed by atoms with E-state index in [-0.39, 0.29) is 113 Å². The van der Waals surface area contributed by atoms with Gasteiger partial charge in [0.05, 0.1) is 114 Å². The Balaban J connectivity index is 0.000000148. The molecule has 3 aromatic carbocycles. The average Bonchev–Trinajstić information content (AvgIpc) is 1.34. The molecule has 25 nitrogen and oxygen atoms in total. The molecule has 0 saturated heterocycles.